The van der Waals surface area contributed by atoms with Crippen molar-refractivity contribution in [3.8, 4) is 5.82 Å². The highest BCUT2D eigenvalue weighted by atomic mass is 16.5. The molecular formula is C24H26N6O4. The van der Waals surface area contributed by atoms with Crippen LogP contribution in [0.25, 0.3) is 5.82 Å². The number of likely N-dealkylation sites (tertiary alicyclic amines) is 1. The Labute approximate surface area is 196 Å². The Morgan fingerprint density at radius 2 is 2.06 bits per heavy atom. The van der Waals surface area contributed by atoms with Crippen LogP contribution in [0.2, 0.25) is 0 Å². The number of aromatic nitrogens is 5. The second kappa shape index (κ2) is 9.30. The molecule has 0 spiro atoms. The number of cyclic esters (lactones) is 1. The summed E-state index contributed by atoms with van der Waals surface area (Å²) in [6.45, 7) is 3.57. The lowest BCUT2D eigenvalue weighted by Crippen LogP contribution is -2.39. The standard InChI is InChI=1S/C24H26N6O4/c1-15-18(3-4-19-20(15)13-34-24(19)33)21(31)10-16-6-8-29(9-7-16)23(32)11-17-2-5-22(25-12-17)30-14-26-27-28-30/h2-5,12,14,16,21,31H,6-11,13H2,1H3. The molecule has 10 nitrogen and oxygen atoms in total. The minimum absolute atomic E-state index is 0.0788. The highest BCUT2D eigenvalue weighted by Crippen LogP contribution is 2.33. The van der Waals surface area contributed by atoms with Gasteiger partial charge in [-0.1, -0.05) is 12.1 Å². The molecule has 0 radical (unpaired) electrons. The van der Waals surface area contributed by atoms with Gasteiger partial charge in [-0.15, -0.1) is 5.10 Å². The summed E-state index contributed by atoms with van der Waals surface area (Å²) in [4.78, 5) is 30.7. The summed E-state index contributed by atoms with van der Waals surface area (Å²) in [7, 11) is 0. The average molecular weight is 463 g/mol. The number of benzene rings is 1. The number of piperidine rings is 1. The number of fused-ring (bicyclic) bond motifs is 1. The van der Waals surface area contributed by atoms with Crippen LogP contribution in [0.1, 0.15) is 58.0 Å². The summed E-state index contributed by atoms with van der Waals surface area (Å²) in [5.74, 6) is 0.714. The molecule has 2 aliphatic heterocycles. The fraction of sp³-hybridized carbons (Fsp3) is 0.417. The third kappa shape index (κ3) is 4.41. The number of esters is 1. The number of nitrogens with zero attached hydrogens (tertiary/aromatic N) is 6. The average Bonchev–Trinajstić information content (AvgIpc) is 3.51. The molecule has 34 heavy (non-hydrogen) atoms. The number of pyridine rings is 1. The number of amides is 1. The zero-order valence-corrected chi connectivity index (χ0v) is 18.9. The number of carbonyl (C=O) groups is 2. The van der Waals surface area contributed by atoms with Crippen LogP contribution in [0.4, 0.5) is 0 Å². The number of aliphatic hydroxyl groups is 1. The molecule has 1 saturated heterocycles. The second-order valence-corrected chi connectivity index (χ2v) is 8.91. The number of tetrazole rings is 1. The lowest BCUT2D eigenvalue weighted by Gasteiger charge is -2.33. The first-order valence-corrected chi connectivity index (χ1v) is 11.4. The smallest absolute Gasteiger partial charge is 0.338 e. The maximum atomic E-state index is 12.8. The van der Waals surface area contributed by atoms with Crippen molar-refractivity contribution in [2.45, 2.75) is 45.3 Å². The minimum Gasteiger partial charge on any atom is -0.457 e. The van der Waals surface area contributed by atoms with Gasteiger partial charge >= 0.3 is 5.97 Å². The predicted octanol–water partition coefficient (Wildman–Crippen LogP) is 1.94. The number of rotatable bonds is 6. The van der Waals surface area contributed by atoms with E-state index in [2.05, 4.69) is 20.5 Å². The van der Waals surface area contributed by atoms with Crippen LogP contribution < -0.4 is 0 Å². The van der Waals surface area contributed by atoms with Crippen molar-refractivity contribution in [3.63, 3.8) is 0 Å². The van der Waals surface area contributed by atoms with E-state index in [-0.39, 0.29) is 18.5 Å². The Kier molecular flexibility index (Phi) is 6.06. The van der Waals surface area contributed by atoms with E-state index in [0.717, 1.165) is 35.1 Å². The van der Waals surface area contributed by atoms with Gasteiger partial charge in [-0.2, -0.15) is 4.68 Å². The van der Waals surface area contributed by atoms with Crippen LogP contribution in [0, 0.1) is 12.8 Å². The van der Waals surface area contributed by atoms with Crippen molar-refractivity contribution in [3.05, 3.63) is 64.6 Å². The second-order valence-electron chi connectivity index (χ2n) is 8.91. The van der Waals surface area contributed by atoms with Gasteiger partial charge in [0.05, 0.1) is 18.1 Å². The van der Waals surface area contributed by atoms with Crippen molar-refractivity contribution in [1.29, 1.82) is 0 Å². The molecule has 1 unspecified atom stereocenters. The van der Waals surface area contributed by atoms with Crippen LogP contribution in [0.5, 0.6) is 0 Å². The Bertz CT molecular complexity index is 1190. The van der Waals surface area contributed by atoms with Crippen LogP contribution >= 0.6 is 0 Å². The summed E-state index contributed by atoms with van der Waals surface area (Å²) in [6, 6.07) is 7.24. The number of carbonyl (C=O) groups excluding carboxylic acids is 2. The topological polar surface area (TPSA) is 123 Å². The van der Waals surface area contributed by atoms with Crippen molar-refractivity contribution < 1.29 is 19.4 Å². The highest BCUT2D eigenvalue weighted by molar-refractivity contribution is 5.94. The van der Waals surface area contributed by atoms with Gasteiger partial charge in [-0.25, -0.2) is 9.78 Å². The first-order chi connectivity index (χ1) is 16.5. The lowest BCUT2D eigenvalue weighted by atomic mass is 9.86. The first-order valence-electron chi connectivity index (χ1n) is 11.4. The molecule has 1 aromatic carbocycles. The fourth-order valence-electron chi connectivity index (χ4n) is 4.80. The van der Waals surface area contributed by atoms with Crippen molar-refractivity contribution in [1.82, 2.24) is 30.1 Å². The molecule has 10 heteroatoms. The molecule has 0 bridgehead atoms. The molecule has 1 fully saturated rings. The zero-order chi connectivity index (χ0) is 23.7. The molecule has 1 N–H and O–H groups in total. The van der Waals surface area contributed by atoms with Crippen molar-refractivity contribution in [2.24, 2.45) is 5.92 Å². The van der Waals surface area contributed by atoms with Gasteiger partial charge < -0.3 is 14.7 Å². The maximum Gasteiger partial charge on any atom is 0.338 e. The Balaban J connectivity index is 1.13. The highest BCUT2D eigenvalue weighted by Gasteiger charge is 2.28. The minimum atomic E-state index is -0.599. The summed E-state index contributed by atoms with van der Waals surface area (Å²) in [6.07, 6.45) is 5.18. The number of hydrogen-bond donors (Lipinski definition) is 1. The van der Waals surface area contributed by atoms with E-state index < -0.39 is 6.10 Å². The molecule has 2 aromatic heterocycles. The van der Waals surface area contributed by atoms with E-state index in [1.54, 1.807) is 18.3 Å². The molecule has 1 amide bonds. The largest absolute Gasteiger partial charge is 0.457 e. The first kappa shape index (κ1) is 22.1. The van der Waals surface area contributed by atoms with Crippen LogP contribution in [0.3, 0.4) is 0 Å². The maximum absolute atomic E-state index is 12.8. The summed E-state index contributed by atoms with van der Waals surface area (Å²) in [5.41, 5.74) is 4.10. The SMILES string of the molecule is Cc1c(C(O)CC2CCN(C(=O)Cc3ccc(-n4cnnn4)nc3)CC2)ccc2c1COC2=O. The molecule has 176 valence electrons. The third-order valence-electron chi connectivity index (χ3n) is 6.84. The van der Waals surface area contributed by atoms with E-state index in [1.165, 1.54) is 11.0 Å². The van der Waals surface area contributed by atoms with Gasteiger partial charge in [-0.3, -0.25) is 4.79 Å². The van der Waals surface area contributed by atoms with Crippen molar-refractivity contribution >= 4 is 11.9 Å². The van der Waals surface area contributed by atoms with Gasteiger partial charge in [0, 0.05) is 24.8 Å². The number of ether oxygens (including phenoxy) is 1. The van der Waals surface area contributed by atoms with Gasteiger partial charge in [-0.05, 0) is 71.4 Å². The molecular weight excluding hydrogens is 436 g/mol. The zero-order valence-electron chi connectivity index (χ0n) is 18.9. The van der Waals surface area contributed by atoms with Crippen LogP contribution in [0.15, 0.2) is 36.8 Å². The van der Waals surface area contributed by atoms with Gasteiger partial charge in [0.15, 0.2) is 5.82 Å². The van der Waals surface area contributed by atoms with E-state index in [9.17, 15) is 14.7 Å². The Hall–Kier alpha value is -3.66. The van der Waals surface area contributed by atoms with Crippen molar-refractivity contribution in [2.75, 3.05) is 13.1 Å². The normalized spacial score (nSPS) is 16.9. The molecule has 4 heterocycles. The third-order valence-corrected chi connectivity index (χ3v) is 6.84. The monoisotopic (exact) mass is 462 g/mol. The summed E-state index contributed by atoms with van der Waals surface area (Å²) < 4.78 is 6.58. The van der Waals surface area contributed by atoms with Gasteiger partial charge in [0.2, 0.25) is 5.91 Å². The van der Waals surface area contributed by atoms with E-state index in [1.807, 2.05) is 24.0 Å². The molecule has 1 atom stereocenters. The Morgan fingerprint density at radius 1 is 1.24 bits per heavy atom. The molecule has 3 aromatic rings. The lowest BCUT2D eigenvalue weighted by molar-refractivity contribution is -0.132. The van der Waals surface area contributed by atoms with Crippen LogP contribution in [-0.4, -0.2) is 60.2 Å². The molecule has 0 saturated carbocycles. The van der Waals surface area contributed by atoms with E-state index in [0.29, 0.717) is 43.2 Å². The van der Waals surface area contributed by atoms with E-state index >= 15 is 0 Å². The number of aliphatic hydroxyl groups excluding tert-OH is 1. The van der Waals surface area contributed by atoms with Gasteiger partial charge in [0.1, 0.15) is 12.9 Å². The number of hydrogen-bond acceptors (Lipinski definition) is 8. The Morgan fingerprint density at radius 3 is 2.76 bits per heavy atom. The summed E-state index contributed by atoms with van der Waals surface area (Å²) in [5, 5.41) is 21.9. The quantitative estimate of drug-likeness (QED) is 0.552. The predicted molar refractivity (Wildman–Crippen MR) is 120 cm³/mol. The van der Waals surface area contributed by atoms with Gasteiger partial charge in [0.25, 0.3) is 0 Å². The van der Waals surface area contributed by atoms with E-state index in [4.69, 9.17) is 4.74 Å². The summed E-state index contributed by atoms with van der Waals surface area (Å²) >= 11 is 0. The molecule has 5 rings (SSSR count). The molecule has 0 aliphatic carbocycles. The van der Waals surface area contributed by atoms with Crippen LogP contribution in [-0.2, 0) is 22.6 Å². The molecule has 2 aliphatic rings. The fourth-order valence-corrected chi connectivity index (χ4v) is 4.80.